The first-order valence-electron chi connectivity index (χ1n) is 5.75. The van der Waals surface area contributed by atoms with E-state index in [4.69, 9.17) is 9.78 Å². The number of nitrogens with zero attached hydrogens (tertiary/aromatic N) is 1. The predicted molar refractivity (Wildman–Crippen MR) is 73.0 cm³/mol. The average molecular weight is 291 g/mol. The van der Waals surface area contributed by atoms with Gasteiger partial charge in [-0.25, -0.2) is 7.92 Å². The molecule has 0 saturated heterocycles. The van der Waals surface area contributed by atoms with Gasteiger partial charge < -0.3 is 4.89 Å². The normalized spacial score (nSPS) is 20.0. The highest BCUT2D eigenvalue weighted by Gasteiger charge is 2.32. The van der Waals surface area contributed by atoms with Crippen molar-refractivity contribution in [3.8, 4) is 5.75 Å². The molecule has 0 fully saturated rings. The van der Waals surface area contributed by atoms with Crippen LogP contribution in [0.25, 0.3) is 0 Å². The van der Waals surface area contributed by atoms with Crippen LogP contribution < -0.4 is 8.60 Å². The van der Waals surface area contributed by atoms with E-state index in [-0.39, 0.29) is 0 Å². The molecule has 1 atom stereocenters. The van der Waals surface area contributed by atoms with Gasteiger partial charge in [0, 0.05) is 16.8 Å². The number of benzene rings is 2. The maximum atomic E-state index is 12.5. The Bertz CT molecular complexity index is 689. The Morgan fingerprint density at radius 3 is 2.95 bits per heavy atom. The van der Waals surface area contributed by atoms with Crippen molar-refractivity contribution in [1.82, 2.24) is 0 Å². The molecule has 19 heavy (non-hydrogen) atoms. The van der Waals surface area contributed by atoms with Crippen LogP contribution in [0.4, 0.5) is 5.69 Å². The zero-order chi connectivity index (χ0) is 12.8. The van der Waals surface area contributed by atoms with E-state index in [2.05, 4.69) is 0 Å². The Kier molecular flexibility index (Phi) is 2.54. The molecule has 0 aliphatic carbocycles. The number of anilines is 1. The fourth-order valence-corrected chi connectivity index (χ4v) is 4.91. The van der Waals surface area contributed by atoms with Crippen LogP contribution in [-0.2, 0) is 22.5 Å². The Hall–Kier alpha value is -1.50. The quantitative estimate of drug-likeness (QED) is 0.598. The number of fused-ring (bicyclic) bond motifs is 2. The van der Waals surface area contributed by atoms with Crippen molar-refractivity contribution in [1.29, 1.82) is 0 Å². The van der Waals surface area contributed by atoms with E-state index < -0.39 is 11.0 Å². The molecular formula is C13H9NO3S2. The van der Waals surface area contributed by atoms with Gasteiger partial charge in [-0.05, 0) is 24.3 Å². The molecule has 2 aliphatic heterocycles. The first kappa shape index (κ1) is 11.3. The van der Waals surface area contributed by atoms with Gasteiger partial charge in [-0.2, -0.15) is 4.89 Å². The molecule has 0 radical (unpaired) electrons. The van der Waals surface area contributed by atoms with E-state index in [1.165, 1.54) is 11.9 Å². The van der Waals surface area contributed by atoms with Gasteiger partial charge in [-0.1, -0.05) is 18.2 Å². The fourth-order valence-electron chi connectivity index (χ4n) is 2.12. The lowest BCUT2D eigenvalue weighted by Gasteiger charge is -2.16. The molecule has 0 aromatic heterocycles. The first-order chi connectivity index (χ1) is 9.34. The highest BCUT2D eigenvalue weighted by molar-refractivity contribution is 8.14. The van der Waals surface area contributed by atoms with Gasteiger partial charge in [0.15, 0.2) is 16.7 Å². The van der Waals surface area contributed by atoms with Crippen molar-refractivity contribution >= 4 is 28.6 Å². The van der Waals surface area contributed by atoms with Crippen LogP contribution in [0, 0.1) is 0 Å². The summed E-state index contributed by atoms with van der Waals surface area (Å²) in [6.45, 7) is 0.385. The second kappa shape index (κ2) is 4.26. The predicted octanol–water partition coefficient (Wildman–Crippen LogP) is 3.06. The number of rotatable bonds is 1. The van der Waals surface area contributed by atoms with Gasteiger partial charge in [-0.15, -0.1) is 0 Å². The van der Waals surface area contributed by atoms with Gasteiger partial charge in [0.05, 0.1) is 16.1 Å². The second-order valence-corrected chi connectivity index (χ2v) is 6.67. The van der Waals surface area contributed by atoms with E-state index in [0.717, 1.165) is 21.0 Å². The minimum absolute atomic E-state index is 0.385. The molecule has 2 aromatic rings. The van der Waals surface area contributed by atoms with E-state index in [1.54, 1.807) is 0 Å². The molecule has 4 rings (SSSR count). The monoisotopic (exact) mass is 291 g/mol. The molecule has 0 saturated carbocycles. The van der Waals surface area contributed by atoms with Crippen LogP contribution in [0.2, 0.25) is 0 Å². The average Bonchev–Trinajstić information content (AvgIpc) is 3.04. The first-order valence-corrected chi connectivity index (χ1v) is 7.63. The number of hydrogen-bond acceptors (Lipinski definition) is 4. The molecule has 2 heterocycles. The minimum atomic E-state index is -1.19. The topological polar surface area (TPSA) is 38.8 Å². The van der Waals surface area contributed by atoms with Crippen LogP contribution in [-0.4, -0.2) is 4.21 Å². The van der Waals surface area contributed by atoms with Crippen molar-refractivity contribution in [2.75, 3.05) is 3.71 Å². The van der Waals surface area contributed by atoms with Crippen molar-refractivity contribution in [3.05, 3.63) is 48.0 Å². The molecule has 0 amide bonds. The van der Waals surface area contributed by atoms with Gasteiger partial charge in [0.2, 0.25) is 0 Å². The van der Waals surface area contributed by atoms with Crippen molar-refractivity contribution in [3.63, 3.8) is 0 Å². The summed E-state index contributed by atoms with van der Waals surface area (Å²) in [7, 11) is -1.19. The highest BCUT2D eigenvalue weighted by Crippen LogP contribution is 2.46. The summed E-state index contributed by atoms with van der Waals surface area (Å²) in [5, 5.41) is 0. The summed E-state index contributed by atoms with van der Waals surface area (Å²) in [5.41, 5.74) is 1.82. The Morgan fingerprint density at radius 2 is 2.05 bits per heavy atom. The SMILES string of the molecule is O=S1c2ccccc2SN1c1cccc2c1COO2. The largest absolute Gasteiger partial charge is 0.337 e. The molecule has 4 nitrogen and oxygen atoms in total. The van der Waals surface area contributed by atoms with Crippen molar-refractivity contribution < 1.29 is 14.0 Å². The fraction of sp³-hybridized carbons (Fsp3) is 0.0769. The van der Waals surface area contributed by atoms with E-state index in [9.17, 15) is 4.21 Å². The van der Waals surface area contributed by atoms with Gasteiger partial charge in [-0.3, -0.25) is 0 Å². The Morgan fingerprint density at radius 1 is 1.16 bits per heavy atom. The van der Waals surface area contributed by atoms with E-state index in [0.29, 0.717) is 12.4 Å². The van der Waals surface area contributed by atoms with Crippen molar-refractivity contribution in [2.24, 2.45) is 0 Å². The van der Waals surface area contributed by atoms with Gasteiger partial charge in [0.25, 0.3) is 0 Å². The molecule has 6 heteroatoms. The van der Waals surface area contributed by atoms with Crippen LogP contribution in [0.15, 0.2) is 52.3 Å². The molecule has 96 valence electrons. The Balaban J connectivity index is 1.81. The van der Waals surface area contributed by atoms with Crippen LogP contribution in [0.3, 0.4) is 0 Å². The summed E-state index contributed by atoms with van der Waals surface area (Å²) in [6, 6.07) is 13.4. The molecule has 2 aliphatic rings. The molecule has 0 spiro atoms. The summed E-state index contributed by atoms with van der Waals surface area (Å²) in [6.07, 6.45) is 0. The third kappa shape index (κ3) is 1.68. The maximum absolute atomic E-state index is 12.5. The van der Waals surface area contributed by atoms with E-state index >= 15 is 0 Å². The summed E-state index contributed by atoms with van der Waals surface area (Å²) in [4.78, 5) is 11.9. The second-order valence-electron chi connectivity index (χ2n) is 4.14. The molecule has 0 N–H and O–H groups in total. The van der Waals surface area contributed by atoms with Crippen LogP contribution in [0.1, 0.15) is 5.56 Å². The molecule has 1 unspecified atom stereocenters. The summed E-state index contributed by atoms with van der Waals surface area (Å²) < 4.78 is 14.3. The Labute approximate surface area is 117 Å². The van der Waals surface area contributed by atoms with E-state index in [1.807, 2.05) is 46.2 Å². The lowest BCUT2D eigenvalue weighted by molar-refractivity contribution is -0.194. The lowest BCUT2D eigenvalue weighted by Crippen LogP contribution is -2.13. The van der Waals surface area contributed by atoms with Crippen LogP contribution in [0.5, 0.6) is 5.75 Å². The molecular weight excluding hydrogens is 282 g/mol. The van der Waals surface area contributed by atoms with Crippen molar-refractivity contribution in [2.45, 2.75) is 16.4 Å². The lowest BCUT2D eigenvalue weighted by atomic mass is 10.2. The third-order valence-corrected chi connectivity index (χ3v) is 5.93. The van der Waals surface area contributed by atoms with Gasteiger partial charge >= 0.3 is 0 Å². The van der Waals surface area contributed by atoms with Crippen LogP contribution >= 0.6 is 11.9 Å². The molecule has 2 aromatic carbocycles. The van der Waals surface area contributed by atoms with Gasteiger partial charge in [0.1, 0.15) is 6.61 Å². The zero-order valence-corrected chi connectivity index (χ0v) is 11.4. The summed E-state index contributed by atoms with van der Waals surface area (Å²) in [5.74, 6) is 0.700. The summed E-state index contributed by atoms with van der Waals surface area (Å²) >= 11 is 1.49. The third-order valence-electron chi connectivity index (χ3n) is 3.03. The number of hydrogen-bond donors (Lipinski definition) is 0. The standard InChI is InChI=1S/C13H9NO3S2/c15-19-13-7-2-1-6-12(13)18-14(19)10-4-3-5-11-9(10)8-16-17-11/h1-7H,8H2. The smallest absolute Gasteiger partial charge is 0.173 e. The minimum Gasteiger partial charge on any atom is -0.337 e. The maximum Gasteiger partial charge on any atom is 0.173 e. The zero-order valence-electron chi connectivity index (χ0n) is 9.74. The molecule has 0 bridgehead atoms. The highest BCUT2D eigenvalue weighted by atomic mass is 32.2.